The van der Waals surface area contributed by atoms with Crippen LogP contribution in [0, 0.1) is 6.92 Å². The summed E-state index contributed by atoms with van der Waals surface area (Å²) in [4.78, 5) is 41.9. The number of hydrogen-bond donors (Lipinski definition) is 4. The molecule has 37 heavy (non-hydrogen) atoms. The highest BCUT2D eigenvalue weighted by molar-refractivity contribution is 6.31. The van der Waals surface area contributed by atoms with Crippen molar-refractivity contribution in [2.45, 2.75) is 19.9 Å². The molecule has 4 N–H and O–H groups in total. The summed E-state index contributed by atoms with van der Waals surface area (Å²) in [7, 11) is 0. The first-order valence-electron chi connectivity index (χ1n) is 11.1. The largest absolute Gasteiger partial charge is 0.478 e. The molecule has 0 radical (unpaired) electrons. The number of aromatic carboxylic acids is 1. The number of carboxylic acids is 1. The second-order valence-corrected chi connectivity index (χ2v) is 8.65. The predicted molar refractivity (Wildman–Crippen MR) is 137 cm³/mol. The fourth-order valence-electron chi connectivity index (χ4n) is 3.86. The van der Waals surface area contributed by atoms with E-state index in [0.29, 0.717) is 33.3 Å². The molecular weight excluding hydrogens is 498 g/mol. The van der Waals surface area contributed by atoms with E-state index in [1.807, 2.05) is 19.1 Å². The molecular formula is C25H20ClN7O4. The van der Waals surface area contributed by atoms with Crippen molar-refractivity contribution >= 4 is 52.4 Å². The van der Waals surface area contributed by atoms with Gasteiger partial charge in [0, 0.05) is 34.7 Å². The van der Waals surface area contributed by atoms with Crippen molar-refractivity contribution in [3.05, 3.63) is 88.0 Å². The van der Waals surface area contributed by atoms with Gasteiger partial charge in [0.05, 0.1) is 17.3 Å². The number of nitrogens with one attached hydrogen (secondary N) is 3. The molecule has 5 rings (SSSR count). The number of aliphatic imine (C=N–C) groups is 1. The molecule has 11 nitrogen and oxygen atoms in total. The number of hydrogen-bond acceptors (Lipinski definition) is 9. The number of fused-ring (bicyclic) bond motifs is 1. The normalized spacial score (nSPS) is 15.2. The topological polar surface area (TPSA) is 155 Å². The van der Waals surface area contributed by atoms with Crippen molar-refractivity contribution in [2.75, 3.05) is 10.6 Å². The highest BCUT2D eigenvalue weighted by atomic mass is 35.5. The van der Waals surface area contributed by atoms with Crippen molar-refractivity contribution in [3.8, 4) is 0 Å². The minimum absolute atomic E-state index is 0.00561. The minimum atomic E-state index is -1.13. The Kier molecular flexibility index (Phi) is 6.28. The molecule has 1 amide bonds. The van der Waals surface area contributed by atoms with Gasteiger partial charge in [0.25, 0.3) is 5.91 Å². The average molecular weight is 518 g/mol. The van der Waals surface area contributed by atoms with Crippen LogP contribution in [0.4, 0.5) is 11.8 Å². The van der Waals surface area contributed by atoms with E-state index in [1.54, 1.807) is 31.5 Å². The van der Waals surface area contributed by atoms with Crippen LogP contribution in [0.2, 0.25) is 5.02 Å². The van der Waals surface area contributed by atoms with E-state index in [2.05, 4.69) is 30.9 Å². The number of carboxylic acid groups (broad SMARTS) is 1. The van der Waals surface area contributed by atoms with E-state index in [4.69, 9.17) is 21.0 Å². The number of amides is 1. The van der Waals surface area contributed by atoms with Crippen LogP contribution >= 0.6 is 11.6 Å². The lowest BCUT2D eigenvalue weighted by Gasteiger charge is -2.27. The number of guanidine groups is 1. The van der Waals surface area contributed by atoms with Gasteiger partial charge in [-0.05, 0) is 37.6 Å². The number of pyridine rings is 2. The van der Waals surface area contributed by atoms with Gasteiger partial charge in [-0.2, -0.15) is 4.98 Å². The zero-order valence-electron chi connectivity index (χ0n) is 19.6. The number of carbonyl (C=O) groups excluding carboxylic acids is 1. The molecule has 186 valence electrons. The first-order chi connectivity index (χ1) is 17.8. The maximum atomic E-state index is 13.4. The zero-order valence-corrected chi connectivity index (χ0v) is 20.4. The first kappa shape index (κ1) is 23.9. The molecule has 0 saturated carbocycles. The third-order valence-electron chi connectivity index (χ3n) is 5.60. The Morgan fingerprint density at radius 3 is 2.73 bits per heavy atom. The number of nitrogens with zero attached hydrogens (tertiary/aromatic N) is 4. The van der Waals surface area contributed by atoms with Gasteiger partial charge in [0.2, 0.25) is 5.96 Å². The molecule has 1 unspecified atom stereocenters. The molecule has 1 aliphatic rings. The van der Waals surface area contributed by atoms with Gasteiger partial charge in [-0.25, -0.2) is 14.8 Å². The molecule has 0 saturated heterocycles. The Hall–Kier alpha value is -4.77. The van der Waals surface area contributed by atoms with E-state index in [0.717, 1.165) is 5.56 Å². The molecule has 0 fully saturated rings. The number of aromatic nitrogens is 3. The van der Waals surface area contributed by atoms with Crippen LogP contribution in [-0.4, -0.2) is 37.9 Å². The smallest absolute Gasteiger partial charge is 0.335 e. The highest BCUT2D eigenvalue weighted by Crippen LogP contribution is 2.36. The minimum Gasteiger partial charge on any atom is -0.478 e. The van der Waals surface area contributed by atoms with Crippen LogP contribution in [0.25, 0.3) is 11.1 Å². The quantitative estimate of drug-likeness (QED) is 0.303. The molecule has 1 aliphatic heterocycles. The van der Waals surface area contributed by atoms with Gasteiger partial charge in [-0.1, -0.05) is 23.7 Å². The van der Waals surface area contributed by atoms with Gasteiger partial charge in [0.15, 0.2) is 5.58 Å². The first-order valence-corrected chi connectivity index (χ1v) is 11.5. The number of allylic oxidation sites excluding steroid dienone is 1. The van der Waals surface area contributed by atoms with Crippen molar-refractivity contribution in [2.24, 2.45) is 4.99 Å². The Bertz CT molecular complexity index is 1580. The molecule has 4 heterocycles. The van der Waals surface area contributed by atoms with Gasteiger partial charge in [-0.15, -0.1) is 0 Å². The summed E-state index contributed by atoms with van der Waals surface area (Å²) in [5, 5.41) is 18.4. The lowest BCUT2D eigenvalue weighted by atomic mass is 9.95. The monoisotopic (exact) mass is 517 g/mol. The number of halogens is 1. The number of rotatable bonds is 5. The SMILES string of the molecule is CC1=C(C(=O)Nc2cc(C(=O)O)ccn2)C(c2ccc(C)cc2Cl)N=C(Nc2nc3cnccc3o2)N1. The van der Waals surface area contributed by atoms with Crippen LogP contribution in [0.1, 0.15) is 34.5 Å². The van der Waals surface area contributed by atoms with Crippen molar-refractivity contribution in [3.63, 3.8) is 0 Å². The van der Waals surface area contributed by atoms with E-state index in [1.165, 1.54) is 18.3 Å². The molecule has 4 aromatic rings. The number of aryl methyl sites for hydroxylation is 1. The summed E-state index contributed by atoms with van der Waals surface area (Å²) in [6, 6.07) is 9.18. The van der Waals surface area contributed by atoms with Gasteiger partial charge in [-0.3, -0.25) is 15.1 Å². The Balaban J connectivity index is 1.50. The summed E-state index contributed by atoms with van der Waals surface area (Å²) < 4.78 is 5.71. The molecule has 3 aromatic heterocycles. The van der Waals surface area contributed by atoms with Crippen molar-refractivity contribution in [1.29, 1.82) is 0 Å². The predicted octanol–water partition coefficient (Wildman–Crippen LogP) is 4.30. The summed E-state index contributed by atoms with van der Waals surface area (Å²) in [5.74, 6) is -1.27. The van der Waals surface area contributed by atoms with E-state index < -0.39 is 17.9 Å². The Morgan fingerprint density at radius 1 is 1.14 bits per heavy atom. The van der Waals surface area contributed by atoms with E-state index in [9.17, 15) is 14.7 Å². The number of anilines is 2. The number of benzene rings is 1. The summed E-state index contributed by atoms with van der Waals surface area (Å²) in [6.45, 7) is 3.63. The van der Waals surface area contributed by atoms with Crippen molar-refractivity contribution < 1.29 is 19.1 Å². The second kappa shape index (κ2) is 9.70. The van der Waals surface area contributed by atoms with Gasteiger partial charge >= 0.3 is 12.0 Å². The van der Waals surface area contributed by atoms with Crippen LogP contribution in [0.3, 0.4) is 0 Å². The summed E-state index contributed by atoms with van der Waals surface area (Å²) in [6.07, 6.45) is 4.49. The van der Waals surface area contributed by atoms with Gasteiger partial charge in [0.1, 0.15) is 17.4 Å². The van der Waals surface area contributed by atoms with Crippen molar-refractivity contribution in [1.82, 2.24) is 20.3 Å². The number of carbonyl (C=O) groups is 2. The maximum absolute atomic E-state index is 13.4. The summed E-state index contributed by atoms with van der Waals surface area (Å²) >= 11 is 6.58. The standard InChI is InChI=1S/C25H20ClN7O4/c1-12-3-4-15(16(26)9-12)21-20(22(34)31-19-10-14(23(35)36)5-8-28-19)13(2)29-24(32-21)33-25-30-17-11-27-7-6-18(17)37-25/h3-11,21H,1-2H3,(H,35,36)(H,28,31,34)(H2,29,30,32,33). The lowest BCUT2D eigenvalue weighted by Crippen LogP contribution is -2.37. The molecule has 1 aromatic carbocycles. The average Bonchev–Trinajstić information content (AvgIpc) is 3.26. The molecule has 0 bridgehead atoms. The summed E-state index contributed by atoms with van der Waals surface area (Å²) in [5.41, 5.74) is 3.44. The fraction of sp³-hybridized carbons (Fsp3) is 0.120. The Morgan fingerprint density at radius 2 is 1.97 bits per heavy atom. The fourth-order valence-corrected chi connectivity index (χ4v) is 4.20. The molecule has 12 heteroatoms. The molecule has 0 aliphatic carbocycles. The number of oxazole rings is 1. The highest BCUT2D eigenvalue weighted by Gasteiger charge is 2.31. The second-order valence-electron chi connectivity index (χ2n) is 8.25. The third-order valence-corrected chi connectivity index (χ3v) is 5.93. The van der Waals surface area contributed by atoms with E-state index in [-0.39, 0.29) is 23.0 Å². The van der Waals surface area contributed by atoms with Gasteiger partial charge < -0.3 is 20.2 Å². The van der Waals surface area contributed by atoms with E-state index >= 15 is 0 Å². The molecule has 0 spiro atoms. The molecule has 1 atom stereocenters. The lowest BCUT2D eigenvalue weighted by molar-refractivity contribution is -0.113. The zero-order chi connectivity index (χ0) is 26.1. The van der Waals surface area contributed by atoms with Crippen LogP contribution < -0.4 is 16.0 Å². The van der Waals surface area contributed by atoms with Crippen LogP contribution in [0.15, 0.2) is 75.7 Å². The third kappa shape index (κ3) is 4.98. The maximum Gasteiger partial charge on any atom is 0.335 e. The van der Waals surface area contributed by atoms with Crippen LogP contribution in [0.5, 0.6) is 0 Å². The van der Waals surface area contributed by atoms with Crippen LogP contribution in [-0.2, 0) is 4.79 Å². The Labute approximate surface area is 215 Å².